The number of nitrogens with zero attached hydrogens (tertiary/aromatic N) is 6. The molecule has 12 heteroatoms. The van der Waals surface area contributed by atoms with E-state index in [0.29, 0.717) is 24.3 Å². The average Bonchev–Trinajstić information content (AvgIpc) is 3.82. The molecule has 0 N–H and O–H groups in total. The predicted octanol–water partition coefficient (Wildman–Crippen LogP) is 7.99. The quantitative estimate of drug-likeness (QED) is 0.140. The van der Waals surface area contributed by atoms with Crippen molar-refractivity contribution in [1.29, 1.82) is 0 Å². The molecule has 0 aliphatic carbocycles. The molecule has 324 valence electrons. The Morgan fingerprint density at radius 2 is 0.984 bits per heavy atom. The monoisotopic (exact) mass is 854 g/mol. The number of ether oxygens (including phenoxy) is 4. The third-order valence-corrected chi connectivity index (χ3v) is 13.4. The van der Waals surface area contributed by atoms with Gasteiger partial charge in [0.2, 0.25) is 0 Å². The summed E-state index contributed by atoms with van der Waals surface area (Å²) < 4.78 is 28.0. The number of hydrogen-bond acceptors (Lipinski definition) is 10. The fourth-order valence-electron chi connectivity index (χ4n) is 10.4. The lowest BCUT2D eigenvalue weighted by Gasteiger charge is -2.34. The number of carbonyl (C=O) groups is 2. The van der Waals surface area contributed by atoms with Crippen LogP contribution in [0.5, 0.6) is 11.5 Å². The van der Waals surface area contributed by atoms with Gasteiger partial charge in [-0.2, -0.15) is 0 Å². The SMILES string of the molecule is Cc1c(C(=O)c2cccc3ncccc23)c2cccc3c2n1C(CN1CCOCC1)CO3.Cc1c(C(=O)c2ccnc3ccccc23)c2cccc3c2n1C(CN1CCOCC1)CO3. The largest absolute Gasteiger partial charge is 0.489 e. The number of para-hydroxylation sites is 3. The third-order valence-electron chi connectivity index (χ3n) is 13.4. The lowest BCUT2D eigenvalue weighted by atomic mass is 9.97. The van der Waals surface area contributed by atoms with Gasteiger partial charge in [-0.1, -0.05) is 60.7 Å². The second-order valence-electron chi connectivity index (χ2n) is 17.1. The summed E-state index contributed by atoms with van der Waals surface area (Å²) in [5.74, 6) is 1.77. The number of morpholine rings is 2. The Balaban J connectivity index is 0.000000143. The van der Waals surface area contributed by atoms with Crippen LogP contribution in [0.1, 0.15) is 55.3 Å². The average molecular weight is 855 g/mol. The number of aromatic nitrogens is 4. The van der Waals surface area contributed by atoms with E-state index < -0.39 is 0 Å². The van der Waals surface area contributed by atoms with Crippen molar-refractivity contribution in [3.05, 3.63) is 143 Å². The zero-order valence-corrected chi connectivity index (χ0v) is 36.2. The van der Waals surface area contributed by atoms with Crippen LogP contribution in [0.3, 0.4) is 0 Å². The minimum absolute atomic E-state index is 0.0361. The summed E-state index contributed by atoms with van der Waals surface area (Å²) in [6.45, 7) is 13.9. The van der Waals surface area contributed by atoms with Crippen LogP contribution >= 0.6 is 0 Å². The molecular formula is C52H50N6O6. The summed E-state index contributed by atoms with van der Waals surface area (Å²) in [6.07, 6.45) is 3.48. The van der Waals surface area contributed by atoms with E-state index in [0.717, 1.165) is 143 Å². The van der Waals surface area contributed by atoms with Crippen LogP contribution in [0.4, 0.5) is 0 Å². The molecule has 4 aliphatic heterocycles. The highest BCUT2D eigenvalue weighted by atomic mass is 16.5. The maximum atomic E-state index is 13.9. The summed E-state index contributed by atoms with van der Waals surface area (Å²) in [4.78, 5) is 41.6. The Labute approximate surface area is 370 Å². The van der Waals surface area contributed by atoms with Crippen molar-refractivity contribution in [3.8, 4) is 11.5 Å². The normalized spacial score (nSPS) is 18.7. The van der Waals surface area contributed by atoms with Crippen LogP contribution in [-0.4, -0.2) is 119 Å². The minimum atomic E-state index is 0.0361. The van der Waals surface area contributed by atoms with E-state index >= 15 is 0 Å². The van der Waals surface area contributed by atoms with Crippen LogP contribution in [0.2, 0.25) is 0 Å². The van der Waals surface area contributed by atoms with Crippen LogP contribution in [0.15, 0.2) is 109 Å². The van der Waals surface area contributed by atoms with Crippen LogP contribution in [0, 0.1) is 13.8 Å². The number of hydrogen-bond donors (Lipinski definition) is 0. The summed E-state index contributed by atoms with van der Waals surface area (Å²) in [6, 6.07) is 31.6. The zero-order valence-electron chi connectivity index (χ0n) is 36.2. The first-order valence-corrected chi connectivity index (χ1v) is 22.3. The molecule has 0 saturated carbocycles. The first kappa shape index (κ1) is 40.3. The molecular weight excluding hydrogens is 805 g/mol. The van der Waals surface area contributed by atoms with Gasteiger partial charge in [0.05, 0.1) is 71.7 Å². The predicted molar refractivity (Wildman–Crippen MR) is 247 cm³/mol. The van der Waals surface area contributed by atoms with Gasteiger partial charge >= 0.3 is 0 Å². The molecule has 2 unspecified atom stereocenters. The molecule has 0 spiro atoms. The van der Waals surface area contributed by atoms with Gasteiger partial charge in [0.1, 0.15) is 24.7 Å². The molecule has 2 saturated heterocycles. The van der Waals surface area contributed by atoms with Gasteiger partial charge in [-0.25, -0.2) is 0 Å². The lowest BCUT2D eigenvalue weighted by molar-refractivity contribution is 0.0272. The maximum absolute atomic E-state index is 13.9. The van der Waals surface area contributed by atoms with E-state index in [4.69, 9.17) is 18.9 Å². The molecule has 4 aromatic carbocycles. The van der Waals surface area contributed by atoms with E-state index in [1.165, 1.54) is 0 Å². The first-order chi connectivity index (χ1) is 31.4. The highest BCUT2D eigenvalue weighted by molar-refractivity contribution is 6.23. The van der Waals surface area contributed by atoms with Gasteiger partial charge in [-0.3, -0.25) is 29.4 Å². The van der Waals surface area contributed by atoms with E-state index in [2.05, 4.69) is 42.7 Å². The topological polar surface area (TPSA) is 113 Å². The molecule has 0 amide bonds. The van der Waals surface area contributed by atoms with Crippen molar-refractivity contribution in [3.63, 3.8) is 0 Å². The summed E-state index contributed by atoms with van der Waals surface area (Å²) in [7, 11) is 0. The van der Waals surface area contributed by atoms with Crippen molar-refractivity contribution in [1.82, 2.24) is 28.9 Å². The van der Waals surface area contributed by atoms with Crippen molar-refractivity contribution in [2.75, 3.05) is 78.9 Å². The van der Waals surface area contributed by atoms with Gasteiger partial charge in [-0.15, -0.1) is 0 Å². The van der Waals surface area contributed by atoms with Crippen molar-refractivity contribution in [2.24, 2.45) is 0 Å². The first-order valence-electron chi connectivity index (χ1n) is 22.3. The number of fused-ring (bicyclic) bond motifs is 2. The van der Waals surface area contributed by atoms with Crippen LogP contribution in [0.25, 0.3) is 43.6 Å². The van der Waals surface area contributed by atoms with Gasteiger partial charge < -0.3 is 28.1 Å². The molecule has 0 bridgehead atoms. The van der Waals surface area contributed by atoms with Crippen molar-refractivity contribution in [2.45, 2.75) is 25.9 Å². The Hall–Kier alpha value is -6.44. The Morgan fingerprint density at radius 3 is 1.55 bits per heavy atom. The van der Waals surface area contributed by atoms with E-state index in [-0.39, 0.29) is 23.7 Å². The van der Waals surface area contributed by atoms with Gasteiger partial charge in [0, 0.05) is 95.7 Å². The van der Waals surface area contributed by atoms with Gasteiger partial charge in [0.25, 0.3) is 0 Å². The fourth-order valence-corrected chi connectivity index (χ4v) is 10.4. The molecule has 2 fully saturated rings. The van der Waals surface area contributed by atoms with Crippen molar-refractivity contribution < 1.29 is 28.5 Å². The zero-order chi connectivity index (χ0) is 43.3. The Morgan fingerprint density at radius 1 is 0.531 bits per heavy atom. The minimum Gasteiger partial charge on any atom is -0.489 e. The Kier molecular flexibility index (Phi) is 10.7. The number of benzene rings is 4. The van der Waals surface area contributed by atoms with E-state index in [1.54, 1.807) is 12.4 Å². The molecule has 8 heterocycles. The van der Waals surface area contributed by atoms with Gasteiger partial charge in [-0.05, 0) is 50.2 Å². The third kappa shape index (κ3) is 7.01. The highest BCUT2D eigenvalue weighted by Gasteiger charge is 2.34. The molecule has 8 aromatic rings. The summed E-state index contributed by atoms with van der Waals surface area (Å²) in [5.41, 5.74) is 8.61. The Bertz CT molecular complexity index is 2870. The number of pyridine rings is 2. The van der Waals surface area contributed by atoms with E-state index in [9.17, 15) is 9.59 Å². The molecule has 64 heavy (non-hydrogen) atoms. The number of ketones is 2. The molecule has 0 radical (unpaired) electrons. The van der Waals surface area contributed by atoms with E-state index in [1.807, 2.05) is 97.1 Å². The molecule has 2 atom stereocenters. The van der Waals surface area contributed by atoms with Crippen LogP contribution in [-0.2, 0) is 9.47 Å². The van der Waals surface area contributed by atoms with Crippen LogP contribution < -0.4 is 9.47 Å². The second kappa shape index (κ2) is 16.9. The highest BCUT2D eigenvalue weighted by Crippen LogP contribution is 2.42. The number of carbonyl (C=O) groups excluding carboxylic acids is 2. The smallest absolute Gasteiger partial charge is 0.196 e. The second-order valence-corrected chi connectivity index (χ2v) is 17.1. The molecule has 12 rings (SSSR count). The summed E-state index contributed by atoms with van der Waals surface area (Å²) in [5, 5.41) is 3.68. The van der Waals surface area contributed by atoms with Crippen molar-refractivity contribution >= 4 is 55.2 Å². The lowest BCUT2D eigenvalue weighted by Crippen LogP contribution is -2.42. The van der Waals surface area contributed by atoms with Gasteiger partial charge in [0.15, 0.2) is 11.6 Å². The summed E-state index contributed by atoms with van der Waals surface area (Å²) >= 11 is 0. The fraction of sp³-hybridized carbons (Fsp3) is 0.308. The molecule has 4 aromatic heterocycles. The molecule has 4 aliphatic rings. The standard InChI is InChI=1S/2C26H25N3O3/c1-17-24(26(30)20-5-2-8-22-19(20)7-4-10-27-22)21-6-3-9-23-25(21)29(17)18(16-32-23)15-28-11-13-31-14-12-28;1-17-24(26(30)20-9-10-27-22-7-3-2-5-19(20)22)21-6-4-8-23-25(21)29(17)18(16-32-23)15-28-11-13-31-14-12-28/h2*2-10,18H,11-16H2,1H3. The maximum Gasteiger partial charge on any atom is 0.196 e. The molecule has 12 nitrogen and oxygen atoms in total. The number of rotatable bonds is 8.